The Balaban J connectivity index is 6.63. The van der Waals surface area contributed by atoms with E-state index in [1.54, 1.807) is 0 Å². The molecule has 11 heteroatoms. The molecular formula is C16H26F6O5. The van der Waals surface area contributed by atoms with E-state index < -0.39 is 54.6 Å². The summed E-state index contributed by atoms with van der Waals surface area (Å²) in [6.07, 6.45) is -18.1. The van der Waals surface area contributed by atoms with E-state index >= 15 is 0 Å². The summed E-state index contributed by atoms with van der Waals surface area (Å²) in [4.78, 5) is 12.3. The fourth-order valence-corrected chi connectivity index (χ4v) is 3.02. The molecule has 0 aromatic rings. The number of hydrogen-bond donors (Lipinski definition) is 1. The summed E-state index contributed by atoms with van der Waals surface area (Å²) in [6, 6.07) is 0. The van der Waals surface area contributed by atoms with Crippen molar-refractivity contribution in [1.82, 2.24) is 0 Å². The van der Waals surface area contributed by atoms with Gasteiger partial charge in [-0.25, -0.2) is 0 Å². The van der Waals surface area contributed by atoms with Gasteiger partial charge < -0.3 is 19.3 Å². The zero-order valence-electron chi connectivity index (χ0n) is 15.8. The average molecular weight is 412 g/mol. The third-order valence-electron chi connectivity index (χ3n) is 4.26. The molecule has 5 atom stereocenters. The topological polar surface area (TPSA) is 65.0 Å². The summed E-state index contributed by atoms with van der Waals surface area (Å²) in [5, 5.41) is 10.4. The van der Waals surface area contributed by atoms with Gasteiger partial charge in [0.15, 0.2) is 0 Å². The van der Waals surface area contributed by atoms with Crippen molar-refractivity contribution in [3.05, 3.63) is 0 Å². The van der Waals surface area contributed by atoms with Gasteiger partial charge >= 0.3 is 18.3 Å². The minimum atomic E-state index is -5.59. The van der Waals surface area contributed by atoms with E-state index in [1.165, 1.54) is 20.8 Å². The van der Waals surface area contributed by atoms with Crippen LogP contribution < -0.4 is 0 Å². The van der Waals surface area contributed by atoms with E-state index in [9.17, 15) is 36.2 Å². The molecule has 0 radical (unpaired) electrons. The minimum Gasteiger partial charge on any atom is -0.465 e. The Morgan fingerprint density at radius 1 is 0.926 bits per heavy atom. The van der Waals surface area contributed by atoms with Gasteiger partial charge in [-0.1, -0.05) is 0 Å². The summed E-state index contributed by atoms with van der Waals surface area (Å²) >= 11 is 0. The molecule has 0 fully saturated rings. The Hall–Kier alpha value is -1.07. The van der Waals surface area contributed by atoms with Gasteiger partial charge in [0.1, 0.15) is 5.92 Å². The Labute approximate surface area is 154 Å². The summed E-state index contributed by atoms with van der Waals surface area (Å²) in [7, 11) is 0. The molecule has 0 aliphatic heterocycles. The quantitative estimate of drug-likeness (QED) is 0.440. The fraction of sp³-hybridized carbons (Fsp3) is 0.938. The monoisotopic (exact) mass is 412 g/mol. The molecule has 0 aromatic carbocycles. The highest BCUT2D eigenvalue weighted by Crippen LogP contribution is 2.51. The number of aliphatic hydroxyl groups is 1. The van der Waals surface area contributed by atoms with Crippen molar-refractivity contribution in [2.45, 2.75) is 65.3 Å². The van der Waals surface area contributed by atoms with Crippen molar-refractivity contribution in [1.29, 1.82) is 0 Å². The van der Waals surface area contributed by atoms with Crippen LogP contribution in [-0.2, 0) is 19.0 Å². The molecule has 0 saturated carbocycles. The summed E-state index contributed by atoms with van der Waals surface area (Å²) < 4.78 is 96.8. The second-order valence-corrected chi connectivity index (χ2v) is 5.86. The number of aliphatic hydroxyl groups excluding tert-OH is 1. The highest BCUT2D eigenvalue weighted by atomic mass is 19.4. The first-order chi connectivity index (χ1) is 12.2. The van der Waals surface area contributed by atoms with E-state index in [4.69, 9.17) is 9.47 Å². The molecule has 0 bridgehead atoms. The highest BCUT2D eigenvalue weighted by Gasteiger charge is 2.73. The van der Waals surface area contributed by atoms with Gasteiger partial charge in [0.2, 0.25) is 5.41 Å². The van der Waals surface area contributed by atoms with Crippen molar-refractivity contribution in [3.8, 4) is 0 Å². The summed E-state index contributed by atoms with van der Waals surface area (Å²) in [5.74, 6) is -5.05. The molecule has 5 unspecified atom stereocenters. The molecule has 1 N–H and O–H groups in total. The smallest absolute Gasteiger partial charge is 0.410 e. The number of halogens is 6. The molecule has 0 aromatic heterocycles. The molecule has 0 rings (SSSR count). The van der Waals surface area contributed by atoms with E-state index in [2.05, 4.69) is 4.74 Å². The molecular weight excluding hydrogens is 386 g/mol. The third kappa shape index (κ3) is 5.47. The van der Waals surface area contributed by atoms with Crippen LogP contribution in [0.1, 0.15) is 34.6 Å². The van der Waals surface area contributed by atoms with Gasteiger partial charge in [0, 0.05) is 13.2 Å². The van der Waals surface area contributed by atoms with Crippen LogP contribution >= 0.6 is 0 Å². The van der Waals surface area contributed by atoms with Crippen LogP contribution in [0.15, 0.2) is 0 Å². The molecule has 0 spiro atoms. The number of alkyl halides is 6. The molecule has 0 aliphatic carbocycles. The molecule has 27 heavy (non-hydrogen) atoms. The molecule has 162 valence electrons. The van der Waals surface area contributed by atoms with Crippen molar-refractivity contribution in [2.75, 3.05) is 19.8 Å². The first-order valence-corrected chi connectivity index (χ1v) is 8.45. The summed E-state index contributed by atoms with van der Waals surface area (Å²) in [6.45, 7) is 4.41. The van der Waals surface area contributed by atoms with Crippen LogP contribution in [0.3, 0.4) is 0 Å². The Morgan fingerprint density at radius 2 is 1.41 bits per heavy atom. The summed E-state index contributed by atoms with van der Waals surface area (Å²) in [5.41, 5.74) is -3.95. The van der Waals surface area contributed by atoms with Gasteiger partial charge in [-0.2, -0.15) is 26.3 Å². The van der Waals surface area contributed by atoms with Crippen LogP contribution in [0.25, 0.3) is 0 Å². The zero-order chi connectivity index (χ0) is 21.6. The van der Waals surface area contributed by atoms with E-state index in [-0.39, 0.29) is 13.2 Å². The van der Waals surface area contributed by atoms with Gasteiger partial charge in [-0.3, -0.25) is 4.79 Å². The lowest BCUT2D eigenvalue weighted by Gasteiger charge is -2.45. The Morgan fingerprint density at radius 3 is 1.74 bits per heavy atom. The maximum Gasteiger partial charge on any atom is 0.410 e. The predicted octanol–water partition coefficient (Wildman–Crippen LogP) is 3.49. The van der Waals surface area contributed by atoms with Gasteiger partial charge in [0.25, 0.3) is 0 Å². The number of ether oxygens (including phenoxy) is 3. The number of hydrogen-bond acceptors (Lipinski definition) is 5. The molecule has 0 aliphatic rings. The van der Waals surface area contributed by atoms with Crippen molar-refractivity contribution >= 4 is 5.97 Å². The lowest BCUT2D eigenvalue weighted by molar-refractivity contribution is -0.318. The first-order valence-electron chi connectivity index (χ1n) is 8.45. The van der Waals surface area contributed by atoms with E-state index in [1.807, 2.05) is 0 Å². The largest absolute Gasteiger partial charge is 0.465 e. The van der Waals surface area contributed by atoms with Crippen LogP contribution in [0, 0.1) is 11.3 Å². The normalized spacial score (nSPS) is 19.7. The predicted molar refractivity (Wildman–Crippen MR) is 82.8 cm³/mol. The second kappa shape index (κ2) is 9.92. The Kier molecular flexibility index (Phi) is 9.53. The SMILES string of the molecule is CCOC(=O)C(C(C)OCC)(C(O)C(C(C)OCC)C(F)(F)F)C(F)(F)F. The lowest BCUT2D eigenvalue weighted by Crippen LogP contribution is -2.65. The highest BCUT2D eigenvalue weighted by molar-refractivity contribution is 5.79. The number of carbonyl (C=O) groups excluding carboxylic acids is 1. The minimum absolute atomic E-state index is 0.236. The van der Waals surface area contributed by atoms with Gasteiger partial charge in [0.05, 0.1) is 24.9 Å². The number of carbonyl (C=O) groups is 1. The zero-order valence-corrected chi connectivity index (χ0v) is 15.8. The standard InChI is InChI=1S/C16H26F6O5/c1-6-25-9(4)11(15(17,18)19)12(23)14(16(20,21)22,10(5)26-7-2)13(24)27-8-3/h9-12,23H,6-8H2,1-5H3. The average Bonchev–Trinajstić information content (AvgIpc) is 2.45. The van der Waals surface area contributed by atoms with Crippen molar-refractivity contribution < 1.29 is 50.5 Å². The lowest BCUT2D eigenvalue weighted by atomic mass is 9.70. The fourth-order valence-electron chi connectivity index (χ4n) is 3.02. The van der Waals surface area contributed by atoms with Crippen LogP contribution in [0.5, 0.6) is 0 Å². The van der Waals surface area contributed by atoms with Gasteiger partial charge in [-0.15, -0.1) is 0 Å². The third-order valence-corrected chi connectivity index (χ3v) is 4.26. The van der Waals surface area contributed by atoms with Crippen LogP contribution in [0.2, 0.25) is 0 Å². The maximum absolute atomic E-state index is 14.0. The number of esters is 1. The number of rotatable bonds is 10. The van der Waals surface area contributed by atoms with E-state index in [0.29, 0.717) is 0 Å². The molecule has 0 amide bonds. The first kappa shape index (κ1) is 25.9. The van der Waals surface area contributed by atoms with Crippen molar-refractivity contribution in [3.63, 3.8) is 0 Å². The molecule has 0 saturated heterocycles. The van der Waals surface area contributed by atoms with E-state index in [0.717, 1.165) is 13.8 Å². The van der Waals surface area contributed by atoms with Crippen LogP contribution in [0.4, 0.5) is 26.3 Å². The van der Waals surface area contributed by atoms with Gasteiger partial charge in [-0.05, 0) is 34.6 Å². The second-order valence-electron chi connectivity index (χ2n) is 5.86. The molecule has 5 nitrogen and oxygen atoms in total. The van der Waals surface area contributed by atoms with Crippen LogP contribution in [-0.4, -0.2) is 61.6 Å². The maximum atomic E-state index is 14.0. The van der Waals surface area contributed by atoms with Crippen molar-refractivity contribution in [2.24, 2.45) is 11.3 Å². The Bertz CT molecular complexity index is 467. The molecule has 0 heterocycles.